The molecule has 0 spiro atoms. The summed E-state index contributed by atoms with van der Waals surface area (Å²) in [6.07, 6.45) is 1.76. The molecule has 0 fully saturated rings. The normalized spacial score (nSPS) is 10.7. The Labute approximate surface area is 141 Å². The molecule has 0 atom stereocenters. The van der Waals surface area contributed by atoms with Gasteiger partial charge >= 0.3 is 4.87 Å². The van der Waals surface area contributed by atoms with E-state index in [-0.39, 0.29) is 23.0 Å². The Morgan fingerprint density at radius 1 is 1.29 bits per heavy atom. The minimum absolute atomic E-state index is 0.0619. The van der Waals surface area contributed by atoms with E-state index in [1.807, 2.05) is 0 Å². The van der Waals surface area contributed by atoms with Gasteiger partial charge in [0.2, 0.25) is 5.91 Å². The van der Waals surface area contributed by atoms with Crippen molar-refractivity contribution in [3.05, 3.63) is 76.2 Å². The average molecular weight is 342 g/mol. The van der Waals surface area contributed by atoms with Crippen molar-refractivity contribution in [2.45, 2.75) is 13.0 Å². The number of carbonyl (C=O) groups is 1. The van der Waals surface area contributed by atoms with Gasteiger partial charge in [-0.1, -0.05) is 29.5 Å². The number of amides is 1. The number of carbonyl (C=O) groups excluding carboxylic acids is 1. The second kappa shape index (κ2) is 6.80. The Bertz CT molecular complexity index is 975. The highest BCUT2D eigenvalue weighted by Gasteiger charge is 2.09. The molecule has 0 saturated heterocycles. The van der Waals surface area contributed by atoms with Crippen LogP contribution < -0.4 is 10.2 Å². The number of thiazole rings is 1. The quantitative estimate of drug-likeness (QED) is 0.721. The zero-order chi connectivity index (χ0) is 17.1. The highest BCUT2D eigenvalue weighted by atomic mass is 32.1. The zero-order valence-electron chi connectivity index (χ0n) is 12.8. The number of nitrogens with one attached hydrogen (secondary N) is 1. The van der Waals surface area contributed by atoms with E-state index < -0.39 is 0 Å². The molecule has 1 aromatic heterocycles. The molecule has 3 aromatic rings. The van der Waals surface area contributed by atoms with Crippen LogP contribution in [-0.4, -0.2) is 10.5 Å². The molecular weight excluding hydrogens is 327 g/mol. The highest BCUT2D eigenvalue weighted by molar-refractivity contribution is 7.16. The summed E-state index contributed by atoms with van der Waals surface area (Å²) < 4.78 is 15.6. The maximum absolute atomic E-state index is 13.2. The van der Waals surface area contributed by atoms with Gasteiger partial charge in [-0.25, -0.2) is 4.39 Å². The van der Waals surface area contributed by atoms with Gasteiger partial charge in [0.25, 0.3) is 0 Å². The molecule has 3 rings (SSSR count). The summed E-state index contributed by atoms with van der Waals surface area (Å²) in [5.41, 5.74) is 2.03. The van der Waals surface area contributed by atoms with Gasteiger partial charge in [0.05, 0.1) is 16.6 Å². The molecule has 24 heavy (non-hydrogen) atoms. The van der Waals surface area contributed by atoms with Crippen LogP contribution in [0.4, 0.5) is 10.1 Å². The minimum atomic E-state index is -0.366. The molecule has 0 aliphatic heterocycles. The summed E-state index contributed by atoms with van der Waals surface area (Å²) in [6, 6.07) is 11.3. The fraction of sp³-hybridized carbons (Fsp3) is 0.111. The third-order valence-corrected chi connectivity index (χ3v) is 4.46. The third-order valence-electron chi connectivity index (χ3n) is 3.52. The zero-order valence-corrected chi connectivity index (χ0v) is 13.6. The van der Waals surface area contributed by atoms with E-state index >= 15 is 0 Å². The molecule has 6 heteroatoms. The molecule has 2 aromatic carbocycles. The first-order valence-corrected chi connectivity index (χ1v) is 8.17. The molecular formula is C18H15FN2O2S. The predicted molar refractivity (Wildman–Crippen MR) is 95.0 cm³/mol. The lowest BCUT2D eigenvalue weighted by Gasteiger charge is -2.06. The van der Waals surface area contributed by atoms with Crippen molar-refractivity contribution in [2.75, 3.05) is 5.32 Å². The van der Waals surface area contributed by atoms with Crippen LogP contribution in [0.25, 0.3) is 10.2 Å². The molecule has 0 saturated carbocycles. The number of fused-ring (bicyclic) bond motifs is 1. The first-order valence-electron chi connectivity index (χ1n) is 7.35. The molecule has 1 amide bonds. The monoisotopic (exact) mass is 342 g/mol. The number of aromatic nitrogens is 1. The van der Waals surface area contributed by atoms with Gasteiger partial charge in [0.15, 0.2) is 0 Å². The van der Waals surface area contributed by atoms with Crippen LogP contribution in [0.1, 0.15) is 5.56 Å². The van der Waals surface area contributed by atoms with E-state index in [1.165, 1.54) is 12.1 Å². The largest absolute Gasteiger partial charge is 0.326 e. The summed E-state index contributed by atoms with van der Waals surface area (Å²) in [5, 5.41) is 2.78. The van der Waals surface area contributed by atoms with Gasteiger partial charge in [-0.2, -0.15) is 0 Å². The fourth-order valence-electron chi connectivity index (χ4n) is 2.48. The van der Waals surface area contributed by atoms with Gasteiger partial charge in [-0.15, -0.1) is 6.58 Å². The lowest BCUT2D eigenvalue weighted by atomic mass is 10.1. The van der Waals surface area contributed by atoms with Crippen LogP contribution in [-0.2, 0) is 17.8 Å². The number of nitrogens with zero attached hydrogens (tertiary/aromatic N) is 1. The number of halogens is 1. The van der Waals surface area contributed by atoms with Crippen molar-refractivity contribution >= 4 is 33.1 Å². The van der Waals surface area contributed by atoms with Crippen molar-refractivity contribution in [1.82, 2.24) is 4.57 Å². The maximum atomic E-state index is 13.2. The molecule has 1 heterocycles. The lowest BCUT2D eigenvalue weighted by molar-refractivity contribution is -0.115. The van der Waals surface area contributed by atoms with E-state index in [1.54, 1.807) is 41.0 Å². The molecule has 0 unspecified atom stereocenters. The molecule has 1 N–H and O–H groups in total. The third kappa shape index (κ3) is 3.44. The van der Waals surface area contributed by atoms with Crippen molar-refractivity contribution < 1.29 is 9.18 Å². The first kappa shape index (κ1) is 16.1. The average Bonchev–Trinajstić information content (AvgIpc) is 2.83. The van der Waals surface area contributed by atoms with E-state index in [0.717, 1.165) is 21.6 Å². The van der Waals surface area contributed by atoms with E-state index in [0.29, 0.717) is 17.8 Å². The lowest BCUT2D eigenvalue weighted by Crippen LogP contribution is -2.14. The van der Waals surface area contributed by atoms with Crippen LogP contribution in [0.5, 0.6) is 0 Å². The number of rotatable bonds is 5. The standard InChI is InChI=1S/C18H15FN2O2S/c1-2-8-21-15-7-6-14(11-16(15)24-18(21)23)20-17(22)10-12-4-3-5-13(19)9-12/h2-7,9,11H,1,8,10H2,(H,20,22). The van der Waals surface area contributed by atoms with Gasteiger partial charge in [-0.3, -0.25) is 14.2 Å². The van der Waals surface area contributed by atoms with Crippen molar-refractivity contribution in [3.63, 3.8) is 0 Å². The molecule has 0 bridgehead atoms. The molecule has 4 nitrogen and oxygen atoms in total. The molecule has 0 aliphatic carbocycles. The van der Waals surface area contributed by atoms with Crippen LogP contribution in [0.3, 0.4) is 0 Å². The number of hydrogen-bond acceptors (Lipinski definition) is 3. The Hall–Kier alpha value is -2.73. The summed E-state index contributed by atoms with van der Waals surface area (Å²) in [7, 11) is 0. The highest BCUT2D eigenvalue weighted by Crippen LogP contribution is 2.22. The summed E-state index contributed by atoms with van der Waals surface area (Å²) in [4.78, 5) is 24.0. The van der Waals surface area contributed by atoms with E-state index in [2.05, 4.69) is 11.9 Å². The summed E-state index contributed by atoms with van der Waals surface area (Å²) in [6.45, 7) is 4.10. The first-order chi connectivity index (χ1) is 11.6. The summed E-state index contributed by atoms with van der Waals surface area (Å²) >= 11 is 1.12. The van der Waals surface area contributed by atoms with Crippen molar-refractivity contribution in [2.24, 2.45) is 0 Å². The molecule has 0 aliphatic rings. The van der Waals surface area contributed by atoms with Gasteiger partial charge < -0.3 is 5.32 Å². The van der Waals surface area contributed by atoms with Crippen LogP contribution >= 0.6 is 11.3 Å². The van der Waals surface area contributed by atoms with E-state index in [4.69, 9.17) is 0 Å². The number of hydrogen-bond donors (Lipinski definition) is 1. The Morgan fingerprint density at radius 3 is 2.88 bits per heavy atom. The Morgan fingerprint density at radius 2 is 2.12 bits per heavy atom. The Kier molecular flexibility index (Phi) is 4.57. The Balaban J connectivity index is 1.79. The van der Waals surface area contributed by atoms with Crippen molar-refractivity contribution in [3.8, 4) is 0 Å². The van der Waals surface area contributed by atoms with Crippen LogP contribution in [0.15, 0.2) is 59.9 Å². The molecule has 122 valence electrons. The van der Waals surface area contributed by atoms with Crippen molar-refractivity contribution in [1.29, 1.82) is 0 Å². The van der Waals surface area contributed by atoms with Gasteiger partial charge in [-0.05, 0) is 35.9 Å². The van der Waals surface area contributed by atoms with Gasteiger partial charge in [0, 0.05) is 12.2 Å². The summed E-state index contributed by atoms with van der Waals surface area (Å²) in [5.74, 6) is -0.604. The molecule has 0 radical (unpaired) electrons. The number of benzene rings is 2. The number of anilines is 1. The van der Waals surface area contributed by atoms with Crippen LogP contribution in [0.2, 0.25) is 0 Å². The van der Waals surface area contributed by atoms with Gasteiger partial charge in [0.1, 0.15) is 5.82 Å². The van der Waals surface area contributed by atoms with Crippen LogP contribution in [0, 0.1) is 5.82 Å². The minimum Gasteiger partial charge on any atom is -0.326 e. The number of allylic oxidation sites excluding steroid dienone is 1. The second-order valence-corrected chi connectivity index (χ2v) is 6.30. The maximum Gasteiger partial charge on any atom is 0.308 e. The second-order valence-electron chi connectivity index (χ2n) is 5.30. The van der Waals surface area contributed by atoms with E-state index in [9.17, 15) is 14.0 Å². The fourth-order valence-corrected chi connectivity index (χ4v) is 3.42. The predicted octanol–water partition coefficient (Wildman–Crippen LogP) is 3.57. The topological polar surface area (TPSA) is 51.1 Å². The SMILES string of the molecule is C=CCn1c(=O)sc2cc(NC(=O)Cc3cccc(F)c3)ccc21. The smallest absolute Gasteiger partial charge is 0.308 e.